The minimum Gasteiger partial charge on any atom is -0.385 e. The van der Waals surface area contributed by atoms with Crippen LogP contribution in [0.3, 0.4) is 0 Å². The van der Waals surface area contributed by atoms with Crippen LogP contribution in [0.4, 0.5) is 5.69 Å². The van der Waals surface area contributed by atoms with Crippen molar-refractivity contribution in [1.82, 2.24) is 0 Å². The molecule has 1 aliphatic rings. The molecule has 1 unspecified atom stereocenters. The summed E-state index contributed by atoms with van der Waals surface area (Å²) in [5.74, 6) is 0.615. The van der Waals surface area contributed by atoms with Crippen LogP contribution in [-0.2, 0) is 4.74 Å². The van der Waals surface area contributed by atoms with Crippen LogP contribution in [0.15, 0.2) is 24.3 Å². The fourth-order valence-corrected chi connectivity index (χ4v) is 1.89. The van der Waals surface area contributed by atoms with Gasteiger partial charge in [-0.2, -0.15) is 5.26 Å². The average Bonchev–Trinajstić information content (AvgIpc) is 2.38. The van der Waals surface area contributed by atoms with Crippen LogP contribution < -0.4 is 5.32 Å². The first-order valence-corrected chi connectivity index (χ1v) is 5.70. The number of rotatable bonds is 3. The molecule has 1 atom stereocenters. The summed E-state index contributed by atoms with van der Waals surface area (Å²) in [4.78, 5) is 0. The number of ether oxygens (including phenoxy) is 1. The zero-order chi connectivity index (χ0) is 11.2. The van der Waals surface area contributed by atoms with E-state index in [9.17, 15) is 0 Å². The second-order valence-electron chi connectivity index (χ2n) is 4.15. The third kappa shape index (κ3) is 2.98. The van der Waals surface area contributed by atoms with Gasteiger partial charge in [0.05, 0.1) is 18.2 Å². The van der Waals surface area contributed by atoms with Crippen molar-refractivity contribution in [3.05, 3.63) is 29.8 Å². The van der Waals surface area contributed by atoms with Gasteiger partial charge < -0.3 is 10.1 Å². The molecule has 84 valence electrons. The first kappa shape index (κ1) is 11.0. The first-order valence-electron chi connectivity index (χ1n) is 5.70. The zero-order valence-corrected chi connectivity index (χ0v) is 9.28. The van der Waals surface area contributed by atoms with Gasteiger partial charge in [-0.3, -0.25) is 0 Å². The van der Waals surface area contributed by atoms with Crippen LogP contribution in [0.1, 0.15) is 18.4 Å². The van der Waals surface area contributed by atoms with E-state index in [0.717, 1.165) is 25.4 Å². The molecule has 3 heteroatoms. The predicted molar refractivity (Wildman–Crippen MR) is 63.2 cm³/mol. The highest BCUT2D eigenvalue weighted by Gasteiger charge is 2.13. The maximum Gasteiger partial charge on any atom is 0.0991 e. The van der Waals surface area contributed by atoms with Crippen molar-refractivity contribution < 1.29 is 4.74 Å². The van der Waals surface area contributed by atoms with Gasteiger partial charge >= 0.3 is 0 Å². The van der Waals surface area contributed by atoms with Gasteiger partial charge in [0.25, 0.3) is 0 Å². The largest absolute Gasteiger partial charge is 0.385 e. The molecule has 1 aromatic rings. The topological polar surface area (TPSA) is 45.0 Å². The molecule has 2 rings (SSSR count). The number of nitriles is 1. The Morgan fingerprint density at radius 2 is 2.19 bits per heavy atom. The van der Waals surface area contributed by atoms with Crippen molar-refractivity contribution in [2.24, 2.45) is 5.92 Å². The molecule has 1 aliphatic heterocycles. The van der Waals surface area contributed by atoms with E-state index in [0.29, 0.717) is 11.5 Å². The quantitative estimate of drug-likeness (QED) is 0.843. The summed E-state index contributed by atoms with van der Waals surface area (Å²) < 4.78 is 5.42. The van der Waals surface area contributed by atoms with Gasteiger partial charge in [-0.15, -0.1) is 0 Å². The van der Waals surface area contributed by atoms with E-state index in [1.165, 1.54) is 12.8 Å². The van der Waals surface area contributed by atoms with Crippen LogP contribution in [0.25, 0.3) is 0 Å². The molecule has 16 heavy (non-hydrogen) atoms. The molecule has 0 amide bonds. The summed E-state index contributed by atoms with van der Waals surface area (Å²) in [6.07, 6.45) is 2.41. The number of anilines is 1. The summed E-state index contributed by atoms with van der Waals surface area (Å²) in [6, 6.07) is 9.67. The Bertz CT molecular complexity index is 361. The SMILES string of the molecule is N#Cc1ccc(NCC2CCCOC2)cc1. The lowest BCUT2D eigenvalue weighted by Gasteiger charge is -2.22. The van der Waals surface area contributed by atoms with Crippen molar-refractivity contribution >= 4 is 5.69 Å². The molecule has 1 saturated heterocycles. The van der Waals surface area contributed by atoms with Crippen molar-refractivity contribution in [1.29, 1.82) is 5.26 Å². The van der Waals surface area contributed by atoms with E-state index in [1.54, 1.807) is 0 Å². The number of benzene rings is 1. The molecule has 1 heterocycles. The van der Waals surface area contributed by atoms with E-state index in [4.69, 9.17) is 10.00 Å². The second kappa shape index (κ2) is 5.53. The molecule has 0 radical (unpaired) electrons. The fourth-order valence-electron chi connectivity index (χ4n) is 1.89. The Labute approximate surface area is 96.0 Å². The number of hydrogen-bond donors (Lipinski definition) is 1. The van der Waals surface area contributed by atoms with Gasteiger partial charge in [0.2, 0.25) is 0 Å². The normalized spacial score (nSPS) is 20.1. The van der Waals surface area contributed by atoms with E-state index >= 15 is 0 Å². The second-order valence-corrected chi connectivity index (χ2v) is 4.15. The number of nitrogens with zero attached hydrogens (tertiary/aromatic N) is 1. The molecule has 1 aromatic carbocycles. The van der Waals surface area contributed by atoms with Crippen molar-refractivity contribution in [2.75, 3.05) is 25.1 Å². The molecule has 0 spiro atoms. The Kier molecular flexibility index (Phi) is 3.79. The molecule has 0 aromatic heterocycles. The van der Waals surface area contributed by atoms with Crippen LogP contribution in [-0.4, -0.2) is 19.8 Å². The lowest BCUT2D eigenvalue weighted by molar-refractivity contribution is 0.0595. The molecule has 3 nitrogen and oxygen atoms in total. The van der Waals surface area contributed by atoms with E-state index in [2.05, 4.69) is 11.4 Å². The van der Waals surface area contributed by atoms with Crippen LogP contribution >= 0.6 is 0 Å². The smallest absolute Gasteiger partial charge is 0.0991 e. The van der Waals surface area contributed by atoms with Gasteiger partial charge in [0.1, 0.15) is 0 Å². The molecule has 1 fully saturated rings. The Morgan fingerprint density at radius 3 is 2.81 bits per heavy atom. The molecule has 0 saturated carbocycles. The molecule has 0 aliphatic carbocycles. The lowest BCUT2D eigenvalue weighted by Crippen LogP contribution is -2.24. The van der Waals surface area contributed by atoms with Crippen LogP contribution in [0.5, 0.6) is 0 Å². The minimum atomic E-state index is 0.615. The van der Waals surface area contributed by atoms with Gasteiger partial charge in [0, 0.05) is 18.8 Å². The van der Waals surface area contributed by atoms with Crippen molar-refractivity contribution in [2.45, 2.75) is 12.8 Å². The molecular formula is C13H16N2O. The Morgan fingerprint density at radius 1 is 1.38 bits per heavy atom. The van der Waals surface area contributed by atoms with E-state index in [-0.39, 0.29) is 0 Å². The van der Waals surface area contributed by atoms with Gasteiger partial charge in [-0.25, -0.2) is 0 Å². The predicted octanol–water partition coefficient (Wildman–Crippen LogP) is 2.40. The highest BCUT2D eigenvalue weighted by Crippen LogP contribution is 2.15. The van der Waals surface area contributed by atoms with Crippen LogP contribution in [0.2, 0.25) is 0 Å². The molecular weight excluding hydrogens is 200 g/mol. The summed E-state index contributed by atoms with van der Waals surface area (Å²) in [5.41, 5.74) is 1.77. The number of hydrogen-bond acceptors (Lipinski definition) is 3. The van der Waals surface area contributed by atoms with Crippen molar-refractivity contribution in [3.63, 3.8) is 0 Å². The highest BCUT2D eigenvalue weighted by atomic mass is 16.5. The summed E-state index contributed by atoms with van der Waals surface area (Å²) in [7, 11) is 0. The summed E-state index contributed by atoms with van der Waals surface area (Å²) in [5, 5.41) is 12.1. The maximum atomic E-state index is 8.68. The average molecular weight is 216 g/mol. The third-order valence-corrected chi connectivity index (χ3v) is 2.86. The summed E-state index contributed by atoms with van der Waals surface area (Å²) in [6.45, 7) is 2.72. The standard InChI is InChI=1S/C13H16N2O/c14-8-11-3-5-13(6-4-11)15-9-12-2-1-7-16-10-12/h3-6,12,15H,1-2,7,9-10H2. The van der Waals surface area contributed by atoms with E-state index < -0.39 is 0 Å². The Balaban J connectivity index is 1.82. The van der Waals surface area contributed by atoms with Gasteiger partial charge in [0.15, 0.2) is 0 Å². The lowest BCUT2D eigenvalue weighted by atomic mass is 10.0. The highest BCUT2D eigenvalue weighted by molar-refractivity contribution is 5.47. The molecule has 0 bridgehead atoms. The van der Waals surface area contributed by atoms with Crippen LogP contribution in [0, 0.1) is 17.2 Å². The Hall–Kier alpha value is -1.53. The van der Waals surface area contributed by atoms with E-state index in [1.807, 2.05) is 24.3 Å². The van der Waals surface area contributed by atoms with Gasteiger partial charge in [-0.1, -0.05) is 0 Å². The molecule has 1 N–H and O–H groups in total. The summed E-state index contributed by atoms with van der Waals surface area (Å²) >= 11 is 0. The first-order chi connectivity index (χ1) is 7.88. The van der Waals surface area contributed by atoms with Gasteiger partial charge in [-0.05, 0) is 43.0 Å². The monoisotopic (exact) mass is 216 g/mol. The van der Waals surface area contributed by atoms with Crippen molar-refractivity contribution in [3.8, 4) is 6.07 Å². The minimum absolute atomic E-state index is 0.615. The fraction of sp³-hybridized carbons (Fsp3) is 0.462. The zero-order valence-electron chi connectivity index (χ0n) is 9.28. The third-order valence-electron chi connectivity index (χ3n) is 2.86. The maximum absolute atomic E-state index is 8.68. The number of nitrogens with one attached hydrogen (secondary N) is 1.